The van der Waals surface area contributed by atoms with Crippen molar-refractivity contribution in [2.75, 3.05) is 5.32 Å². The Kier molecular flexibility index (Phi) is 5.29. The molecule has 0 amide bonds. The van der Waals surface area contributed by atoms with Crippen LogP contribution in [0.5, 0.6) is 0 Å². The van der Waals surface area contributed by atoms with Gasteiger partial charge in [-0.15, -0.1) is 11.3 Å². The van der Waals surface area contributed by atoms with Gasteiger partial charge in [-0.2, -0.15) is 0 Å². The second-order valence-electron chi connectivity index (χ2n) is 5.78. The van der Waals surface area contributed by atoms with Gasteiger partial charge < -0.3 is 15.5 Å². The number of aromatic nitrogens is 2. The van der Waals surface area contributed by atoms with Gasteiger partial charge in [0.15, 0.2) is 11.9 Å². The van der Waals surface area contributed by atoms with Crippen molar-refractivity contribution in [3.05, 3.63) is 58.6 Å². The zero-order valence-electron chi connectivity index (χ0n) is 14.4. The van der Waals surface area contributed by atoms with Gasteiger partial charge in [-0.25, -0.2) is 14.8 Å². The summed E-state index contributed by atoms with van der Waals surface area (Å²) in [5.74, 6) is 0.135. The molecule has 0 aliphatic heterocycles. The maximum Gasteiger partial charge on any atom is 0.337 e. The highest BCUT2D eigenvalue weighted by Gasteiger charge is 2.16. The number of hydrogen-bond acceptors (Lipinski definition) is 6. The molecular formula is C19H19N3O3S. The fourth-order valence-electron chi connectivity index (χ4n) is 2.67. The van der Waals surface area contributed by atoms with Gasteiger partial charge >= 0.3 is 5.97 Å². The van der Waals surface area contributed by atoms with Crippen molar-refractivity contribution in [1.82, 2.24) is 9.97 Å². The first-order chi connectivity index (χ1) is 12.5. The predicted molar refractivity (Wildman–Crippen MR) is 102 cm³/mol. The third kappa shape index (κ3) is 3.74. The van der Waals surface area contributed by atoms with Crippen LogP contribution in [0, 0.1) is 6.92 Å². The first kappa shape index (κ1) is 18.0. The number of carbonyl (C=O) groups is 1. The van der Waals surface area contributed by atoms with Crippen molar-refractivity contribution in [1.29, 1.82) is 0 Å². The molecule has 0 bridgehead atoms. The van der Waals surface area contributed by atoms with Crippen molar-refractivity contribution < 1.29 is 15.0 Å². The van der Waals surface area contributed by atoms with E-state index in [1.807, 2.05) is 31.4 Å². The number of aliphatic hydroxyl groups is 1. The fourth-order valence-corrected chi connectivity index (χ4v) is 3.32. The van der Waals surface area contributed by atoms with Gasteiger partial charge in [0.25, 0.3) is 0 Å². The number of benzene rings is 1. The normalized spacial score (nSPS) is 12.0. The van der Waals surface area contributed by atoms with Crippen molar-refractivity contribution in [2.45, 2.75) is 26.4 Å². The Bertz CT molecular complexity index is 909. The van der Waals surface area contributed by atoms with Crippen LogP contribution in [0.4, 0.5) is 11.5 Å². The van der Waals surface area contributed by atoms with Crippen LogP contribution in [0.25, 0.3) is 10.7 Å². The first-order valence-electron chi connectivity index (χ1n) is 8.18. The summed E-state index contributed by atoms with van der Waals surface area (Å²) < 4.78 is 0. The molecule has 3 N–H and O–H groups in total. The third-order valence-corrected chi connectivity index (χ3v) is 4.90. The van der Waals surface area contributed by atoms with E-state index in [1.54, 1.807) is 35.6 Å². The summed E-state index contributed by atoms with van der Waals surface area (Å²) in [5, 5.41) is 23.8. The molecule has 6 nitrogen and oxygen atoms in total. The molecule has 0 aliphatic carbocycles. The summed E-state index contributed by atoms with van der Waals surface area (Å²) in [6, 6.07) is 10.6. The van der Waals surface area contributed by atoms with Crippen LogP contribution in [-0.2, 0) is 11.2 Å². The van der Waals surface area contributed by atoms with Crippen molar-refractivity contribution in [3.63, 3.8) is 0 Å². The minimum atomic E-state index is -1.53. The Morgan fingerprint density at radius 3 is 2.54 bits per heavy atom. The average Bonchev–Trinajstić information content (AvgIpc) is 3.16. The Morgan fingerprint density at radius 1 is 1.23 bits per heavy atom. The van der Waals surface area contributed by atoms with Crippen LogP contribution < -0.4 is 5.32 Å². The van der Waals surface area contributed by atoms with Gasteiger partial charge in [-0.3, -0.25) is 0 Å². The van der Waals surface area contributed by atoms with E-state index in [9.17, 15) is 9.90 Å². The van der Waals surface area contributed by atoms with Crippen molar-refractivity contribution in [3.8, 4) is 10.7 Å². The maximum absolute atomic E-state index is 10.9. The van der Waals surface area contributed by atoms with Crippen molar-refractivity contribution >= 4 is 28.8 Å². The van der Waals surface area contributed by atoms with E-state index < -0.39 is 12.1 Å². The number of carboxylic acid groups (broad SMARTS) is 1. The Morgan fingerprint density at radius 2 is 1.96 bits per heavy atom. The summed E-state index contributed by atoms with van der Waals surface area (Å²) in [4.78, 5) is 21.1. The van der Waals surface area contributed by atoms with Crippen LogP contribution in [0.2, 0.25) is 0 Å². The first-order valence-corrected chi connectivity index (χ1v) is 9.06. The molecule has 3 aromatic rings. The standard InChI is InChI=1S/C19H19N3O3S/c1-3-14-11(2)20-18(15-5-4-10-26-15)22-17(14)21-13-8-6-12(7-9-13)16(23)19(24)25/h4-10,16,23H,3H2,1-2H3,(H,24,25)(H,20,21,22). The Labute approximate surface area is 155 Å². The average molecular weight is 369 g/mol. The number of thiophene rings is 1. The molecule has 1 atom stereocenters. The highest BCUT2D eigenvalue weighted by molar-refractivity contribution is 7.13. The summed E-state index contributed by atoms with van der Waals surface area (Å²) in [7, 11) is 0. The Hall–Kier alpha value is -2.77. The number of aliphatic carboxylic acids is 1. The second kappa shape index (κ2) is 7.63. The molecule has 2 aromatic heterocycles. The van der Waals surface area contributed by atoms with E-state index >= 15 is 0 Å². The molecule has 7 heteroatoms. The van der Waals surface area contributed by atoms with Crippen LogP contribution in [-0.4, -0.2) is 26.2 Å². The molecule has 2 heterocycles. The molecule has 0 fully saturated rings. The monoisotopic (exact) mass is 369 g/mol. The molecule has 0 saturated heterocycles. The number of rotatable bonds is 6. The molecule has 3 rings (SSSR count). The van der Waals surface area contributed by atoms with Gasteiger partial charge in [0.1, 0.15) is 5.82 Å². The number of nitrogens with one attached hydrogen (secondary N) is 1. The minimum Gasteiger partial charge on any atom is -0.479 e. The quantitative estimate of drug-likeness (QED) is 0.609. The topological polar surface area (TPSA) is 95.3 Å². The van der Waals surface area contributed by atoms with Crippen LogP contribution in [0.3, 0.4) is 0 Å². The van der Waals surface area contributed by atoms with E-state index in [4.69, 9.17) is 5.11 Å². The predicted octanol–water partition coefficient (Wildman–Crippen LogP) is 3.94. The number of anilines is 2. The van der Waals surface area contributed by atoms with Crippen LogP contribution >= 0.6 is 11.3 Å². The van der Waals surface area contributed by atoms with Crippen LogP contribution in [0.15, 0.2) is 41.8 Å². The lowest BCUT2D eigenvalue weighted by molar-refractivity contribution is -0.146. The highest BCUT2D eigenvalue weighted by atomic mass is 32.1. The largest absolute Gasteiger partial charge is 0.479 e. The number of carboxylic acids is 1. The maximum atomic E-state index is 10.9. The summed E-state index contributed by atoms with van der Waals surface area (Å²) in [6.45, 7) is 4.02. The summed E-state index contributed by atoms with van der Waals surface area (Å²) in [5.41, 5.74) is 3.04. The molecule has 1 unspecified atom stereocenters. The van der Waals surface area contributed by atoms with E-state index in [-0.39, 0.29) is 0 Å². The zero-order valence-corrected chi connectivity index (χ0v) is 15.2. The van der Waals surface area contributed by atoms with Gasteiger partial charge in [0.05, 0.1) is 4.88 Å². The van der Waals surface area contributed by atoms with E-state index in [0.29, 0.717) is 11.4 Å². The SMILES string of the molecule is CCc1c(C)nc(-c2cccs2)nc1Nc1ccc(C(O)C(=O)O)cc1. The number of hydrogen-bond donors (Lipinski definition) is 3. The number of aryl methyl sites for hydroxylation is 1. The summed E-state index contributed by atoms with van der Waals surface area (Å²) >= 11 is 1.58. The highest BCUT2D eigenvalue weighted by Crippen LogP contribution is 2.28. The molecule has 0 spiro atoms. The lowest BCUT2D eigenvalue weighted by atomic mass is 10.1. The molecular weight excluding hydrogens is 350 g/mol. The second-order valence-corrected chi connectivity index (χ2v) is 6.73. The lowest BCUT2D eigenvalue weighted by Crippen LogP contribution is -2.10. The molecule has 26 heavy (non-hydrogen) atoms. The fraction of sp³-hybridized carbons (Fsp3) is 0.211. The third-order valence-electron chi connectivity index (χ3n) is 4.03. The van der Waals surface area contributed by atoms with Gasteiger partial charge in [-0.05, 0) is 42.5 Å². The van der Waals surface area contributed by atoms with Gasteiger partial charge in [-0.1, -0.05) is 25.1 Å². The molecule has 1 aromatic carbocycles. The number of aliphatic hydroxyl groups excluding tert-OH is 1. The van der Waals surface area contributed by atoms with E-state index in [2.05, 4.69) is 15.3 Å². The summed E-state index contributed by atoms with van der Waals surface area (Å²) in [6.07, 6.45) is -0.740. The lowest BCUT2D eigenvalue weighted by Gasteiger charge is -2.14. The zero-order chi connectivity index (χ0) is 18.7. The molecule has 0 saturated carbocycles. The van der Waals surface area contributed by atoms with E-state index in [0.717, 1.165) is 34.1 Å². The molecule has 0 radical (unpaired) electrons. The van der Waals surface area contributed by atoms with Gasteiger partial charge in [0, 0.05) is 16.9 Å². The molecule has 0 aliphatic rings. The van der Waals surface area contributed by atoms with Crippen LogP contribution in [0.1, 0.15) is 29.8 Å². The number of nitrogens with zero attached hydrogens (tertiary/aromatic N) is 2. The van der Waals surface area contributed by atoms with E-state index in [1.165, 1.54) is 0 Å². The van der Waals surface area contributed by atoms with Crippen molar-refractivity contribution in [2.24, 2.45) is 0 Å². The minimum absolute atomic E-state index is 0.330. The Balaban J connectivity index is 1.92. The smallest absolute Gasteiger partial charge is 0.337 e. The van der Waals surface area contributed by atoms with Gasteiger partial charge in [0.2, 0.25) is 0 Å². The molecule has 134 valence electrons.